The van der Waals surface area contributed by atoms with Crippen LogP contribution in [0, 0.1) is 3.57 Å². The van der Waals surface area contributed by atoms with Crippen LogP contribution < -0.4 is 20.3 Å². The standard InChI is InChI=1S/C17H15ClIN3O4S2/c1-22-14(23)9-13(26-2)16(21-28(24,25)15-4-3-7-27-15)17(22)20-12-6-5-10(19)8-11(12)18/h3-9,20-21H,1-2H3. The average molecular weight is 552 g/mol. The monoisotopic (exact) mass is 551 g/mol. The lowest BCUT2D eigenvalue weighted by Gasteiger charge is -2.20. The predicted molar refractivity (Wildman–Crippen MR) is 121 cm³/mol. The Morgan fingerprint density at radius 1 is 1.25 bits per heavy atom. The van der Waals surface area contributed by atoms with Gasteiger partial charge in [0.2, 0.25) is 0 Å². The third-order valence-electron chi connectivity index (χ3n) is 3.80. The molecule has 2 N–H and O–H groups in total. The van der Waals surface area contributed by atoms with Crippen LogP contribution >= 0.6 is 45.5 Å². The highest BCUT2D eigenvalue weighted by Gasteiger charge is 2.23. The van der Waals surface area contributed by atoms with Crippen LogP contribution in [-0.2, 0) is 17.1 Å². The molecule has 3 rings (SSSR count). The molecule has 148 valence electrons. The van der Waals surface area contributed by atoms with E-state index in [2.05, 4.69) is 32.6 Å². The summed E-state index contributed by atoms with van der Waals surface area (Å²) in [6.45, 7) is 0. The van der Waals surface area contributed by atoms with Gasteiger partial charge >= 0.3 is 0 Å². The topological polar surface area (TPSA) is 89.4 Å². The number of nitrogens with zero attached hydrogens (tertiary/aromatic N) is 1. The molecule has 3 aromatic rings. The number of thiophene rings is 1. The third kappa shape index (κ3) is 4.29. The van der Waals surface area contributed by atoms with Crippen LogP contribution in [0.15, 0.2) is 50.8 Å². The van der Waals surface area contributed by atoms with Crippen LogP contribution in [-0.4, -0.2) is 20.1 Å². The lowest BCUT2D eigenvalue weighted by atomic mass is 10.3. The Balaban J connectivity index is 2.15. The molecule has 0 saturated carbocycles. The maximum atomic E-state index is 12.7. The van der Waals surface area contributed by atoms with E-state index in [0.717, 1.165) is 14.9 Å². The average Bonchev–Trinajstić information content (AvgIpc) is 3.18. The maximum absolute atomic E-state index is 12.7. The van der Waals surface area contributed by atoms with Gasteiger partial charge in [0.05, 0.1) is 17.8 Å². The Labute approximate surface area is 184 Å². The van der Waals surface area contributed by atoms with Gasteiger partial charge in [-0.3, -0.25) is 14.1 Å². The number of rotatable bonds is 6. The number of pyridine rings is 1. The first-order valence-corrected chi connectivity index (χ1v) is 11.6. The van der Waals surface area contributed by atoms with Crippen LogP contribution in [0.3, 0.4) is 0 Å². The van der Waals surface area contributed by atoms with E-state index in [1.54, 1.807) is 23.6 Å². The Bertz CT molecular complexity index is 1180. The van der Waals surface area contributed by atoms with Crippen molar-refractivity contribution in [1.82, 2.24) is 4.57 Å². The summed E-state index contributed by atoms with van der Waals surface area (Å²) >= 11 is 9.50. The summed E-state index contributed by atoms with van der Waals surface area (Å²) in [5, 5.41) is 5.13. The minimum absolute atomic E-state index is 0.0902. The van der Waals surface area contributed by atoms with Gasteiger partial charge in [-0.15, -0.1) is 11.3 Å². The van der Waals surface area contributed by atoms with Gasteiger partial charge in [0.15, 0.2) is 5.75 Å². The van der Waals surface area contributed by atoms with Crippen molar-refractivity contribution < 1.29 is 13.2 Å². The van der Waals surface area contributed by atoms with E-state index >= 15 is 0 Å². The number of ether oxygens (including phenoxy) is 1. The molecular weight excluding hydrogens is 537 g/mol. The van der Waals surface area contributed by atoms with Crippen LogP contribution in [0.4, 0.5) is 17.2 Å². The molecule has 0 aliphatic carbocycles. The van der Waals surface area contributed by atoms with Crippen LogP contribution in [0.1, 0.15) is 0 Å². The SMILES string of the molecule is COc1cc(=O)n(C)c(Nc2ccc(I)cc2Cl)c1NS(=O)(=O)c1cccs1. The van der Waals surface area contributed by atoms with Gasteiger partial charge in [-0.25, -0.2) is 8.42 Å². The highest BCUT2D eigenvalue weighted by molar-refractivity contribution is 14.1. The molecule has 0 amide bonds. The number of methoxy groups -OCH3 is 1. The van der Waals surface area contributed by atoms with Gasteiger partial charge in [-0.2, -0.15) is 0 Å². The van der Waals surface area contributed by atoms with Gasteiger partial charge in [0, 0.05) is 16.7 Å². The van der Waals surface area contributed by atoms with Crippen molar-refractivity contribution in [1.29, 1.82) is 0 Å². The molecule has 0 aliphatic heterocycles. The fraction of sp³-hybridized carbons (Fsp3) is 0.118. The largest absolute Gasteiger partial charge is 0.494 e. The molecule has 2 heterocycles. The Morgan fingerprint density at radius 3 is 2.61 bits per heavy atom. The summed E-state index contributed by atoms with van der Waals surface area (Å²) in [5.74, 6) is 0.292. The van der Waals surface area contributed by atoms with Gasteiger partial charge in [0.1, 0.15) is 15.7 Å². The number of benzene rings is 1. The van der Waals surface area contributed by atoms with Crippen molar-refractivity contribution >= 4 is 72.7 Å². The lowest BCUT2D eigenvalue weighted by molar-refractivity contribution is 0.415. The number of aromatic nitrogens is 1. The highest BCUT2D eigenvalue weighted by atomic mass is 127. The molecule has 2 aromatic heterocycles. The van der Waals surface area contributed by atoms with Crippen molar-refractivity contribution in [2.75, 3.05) is 17.1 Å². The first-order valence-electron chi connectivity index (χ1n) is 7.79. The molecule has 0 spiro atoms. The zero-order valence-electron chi connectivity index (χ0n) is 14.7. The molecule has 7 nitrogen and oxygen atoms in total. The lowest BCUT2D eigenvalue weighted by Crippen LogP contribution is -2.23. The van der Waals surface area contributed by atoms with Gasteiger partial charge in [-0.1, -0.05) is 17.7 Å². The summed E-state index contributed by atoms with van der Waals surface area (Å²) in [5.41, 5.74) is 0.245. The molecule has 28 heavy (non-hydrogen) atoms. The van der Waals surface area contributed by atoms with Gasteiger partial charge in [0.25, 0.3) is 15.6 Å². The number of sulfonamides is 1. The van der Waals surface area contributed by atoms with Gasteiger partial charge in [-0.05, 0) is 52.2 Å². The van der Waals surface area contributed by atoms with E-state index in [-0.39, 0.29) is 27.0 Å². The quantitative estimate of drug-likeness (QED) is 0.447. The number of nitrogens with one attached hydrogen (secondary N) is 2. The van der Waals surface area contributed by atoms with E-state index in [1.165, 1.54) is 30.9 Å². The zero-order chi connectivity index (χ0) is 20.5. The fourth-order valence-electron chi connectivity index (χ4n) is 2.40. The highest BCUT2D eigenvalue weighted by Crippen LogP contribution is 2.36. The molecule has 0 atom stereocenters. The van der Waals surface area contributed by atoms with E-state index in [1.807, 2.05) is 6.07 Å². The van der Waals surface area contributed by atoms with Crippen molar-refractivity contribution in [3.05, 3.63) is 60.7 Å². The van der Waals surface area contributed by atoms with Crippen molar-refractivity contribution in [3.8, 4) is 5.75 Å². The first kappa shape index (κ1) is 21.0. The van der Waals surface area contributed by atoms with Crippen LogP contribution in [0.2, 0.25) is 5.02 Å². The maximum Gasteiger partial charge on any atom is 0.271 e. The van der Waals surface area contributed by atoms with E-state index in [4.69, 9.17) is 16.3 Å². The summed E-state index contributed by atoms with van der Waals surface area (Å²) < 4.78 is 35.6. The first-order chi connectivity index (χ1) is 13.2. The van der Waals surface area contributed by atoms with Crippen molar-refractivity contribution in [2.24, 2.45) is 7.05 Å². The summed E-state index contributed by atoms with van der Waals surface area (Å²) in [6.07, 6.45) is 0. The van der Waals surface area contributed by atoms with E-state index < -0.39 is 10.0 Å². The number of anilines is 3. The second-order valence-electron chi connectivity index (χ2n) is 5.62. The second-order valence-corrected chi connectivity index (χ2v) is 10.1. The van der Waals surface area contributed by atoms with E-state index in [0.29, 0.717) is 10.7 Å². The molecule has 0 fully saturated rings. The van der Waals surface area contributed by atoms with Crippen LogP contribution in [0.5, 0.6) is 5.75 Å². The van der Waals surface area contributed by atoms with Crippen molar-refractivity contribution in [3.63, 3.8) is 0 Å². The number of hydrogen-bond donors (Lipinski definition) is 2. The Morgan fingerprint density at radius 2 is 2.00 bits per heavy atom. The molecule has 11 heteroatoms. The molecule has 0 radical (unpaired) electrons. The summed E-state index contributed by atoms with van der Waals surface area (Å²) in [6, 6.07) is 9.67. The third-order valence-corrected chi connectivity index (χ3v) is 7.54. The molecule has 0 saturated heterocycles. The minimum Gasteiger partial charge on any atom is -0.494 e. The Hall–Kier alpha value is -1.76. The minimum atomic E-state index is -3.86. The second kappa shape index (κ2) is 8.31. The van der Waals surface area contributed by atoms with Crippen LogP contribution in [0.25, 0.3) is 0 Å². The number of halogens is 2. The van der Waals surface area contributed by atoms with Crippen molar-refractivity contribution in [2.45, 2.75) is 4.21 Å². The summed E-state index contributed by atoms with van der Waals surface area (Å²) in [4.78, 5) is 12.3. The molecular formula is C17H15ClIN3O4S2. The van der Waals surface area contributed by atoms with Gasteiger partial charge < -0.3 is 10.1 Å². The molecule has 1 aromatic carbocycles. The zero-order valence-corrected chi connectivity index (χ0v) is 19.2. The predicted octanol–water partition coefficient (Wildman–Crippen LogP) is 4.26. The molecule has 0 bridgehead atoms. The Kier molecular flexibility index (Phi) is 6.22. The number of hydrogen-bond acceptors (Lipinski definition) is 6. The summed E-state index contributed by atoms with van der Waals surface area (Å²) in [7, 11) is -0.983. The van der Waals surface area contributed by atoms with E-state index in [9.17, 15) is 13.2 Å². The molecule has 0 unspecified atom stereocenters. The smallest absolute Gasteiger partial charge is 0.271 e. The molecule has 0 aliphatic rings. The normalized spacial score (nSPS) is 11.3. The fourth-order valence-corrected chi connectivity index (χ4v) is 5.38.